The van der Waals surface area contributed by atoms with E-state index in [4.69, 9.17) is 15.9 Å². The largest absolute Gasteiger partial charge is 0.480 e. The van der Waals surface area contributed by atoms with Gasteiger partial charge in [0.15, 0.2) is 0 Å². The average Bonchev–Trinajstić information content (AvgIpc) is 2.10. The molecule has 1 atom stereocenters. The Kier molecular flexibility index (Phi) is 7.57. The Hall–Kier alpha value is -0.650. The number of carboxylic acid groups (broad SMARTS) is 1. The van der Waals surface area contributed by atoms with E-state index < -0.39 is 12.0 Å². The van der Waals surface area contributed by atoms with E-state index in [-0.39, 0.29) is 6.61 Å². The van der Waals surface area contributed by atoms with Crippen molar-refractivity contribution in [3.8, 4) is 0 Å². The lowest BCUT2D eigenvalue weighted by Crippen LogP contribution is -2.30. The first-order valence-electron chi connectivity index (χ1n) is 4.48. The number of nitrogens with one attached hydrogen (secondary N) is 1. The molecule has 0 rings (SSSR count). The van der Waals surface area contributed by atoms with Crippen molar-refractivity contribution in [3.05, 3.63) is 0 Å². The summed E-state index contributed by atoms with van der Waals surface area (Å²) in [5, 5.41) is 19.9. The standard InChI is InChI=1S/C8H18N2O3/c9-7(8(12)13)3-1-2-4-10-5-6-11/h7,10-11H,1-6,9H2,(H,12,13)/t7-/m0/s1. The third-order valence-electron chi connectivity index (χ3n) is 1.72. The zero-order valence-electron chi connectivity index (χ0n) is 7.70. The fourth-order valence-electron chi connectivity index (χ4n) is 0.942. The topological polar surface area (TPSA) is 95.6 Å². The molecule has 13 heavy (non-hydrogen) atoms. The molecule has 5 nitrogen and oxygen atoms in total. The van der Waals surface area contributed by atoms with Crippen LogP contribution in [-0.4, -0.2) is 41.9 Å². The van der Waals surface area contributed by atoms with Crippen LogP contribution in [-0.2, 0) is 4.79 Å². The maximum Gasteiger partial charge on any atom is 0.320 e. The Bertz CT molecular complexity index is 141. The van der Waals surface area contributed by atoms with Crippen LogP contribution in [0, 0.1) is 0 Å². The highest BCUT2D eigenvalue weighted by atomic mass is 16.4. The number of rotatable bonds is 8. The molecule has 5 N–H and O–H groups in total. The Balaban J connectivity index is 3.11. The van der Waals surface area contributed by atoms with Crippen molar-refractivity contribution >= 4 is 5.97 Å². The molecule has 0 fully saturated rings. The van der Waals surface area contributed by atoms with Gasteiger partial charge in [0.05, 0.1) is 6.61 Å². The number of hydrogen-bond donors (Lipinski definition) is 4. The van der Waals surface area contributed by atoms with Crippen molar-refractivity contribution in [1.82, 2.24) is 5.32 Å². The Labute approximate surface area is 77.9 Å². The summed E-state index contributed by atoms with van der Waals surface area (Å²) in [7, 11) is 0. The van der Waals surface area contributed by atoms with Gasteiger partial charge in [-0.15, -0.1) is 0 Å². The van der Waals surface area contributed by atoms with Gasteiger partial charge in [-0.1, -0.05) is 6.42 Å². The van der Waals surface area contributed by atoms with Gasteiger partial charge in [-0.25, -0.2) is 0 Å². The third-order valence-corrected chi connectivity index (χ3v) is 1.72. The summed E-state index contributed by atoms with van der Waals surface area (Å²) >= 11 is 0. The van der Waals surface area contributed by atoms with Crippen LogP contribution in [0.1, 0.15) is 19.3 Å². The van der Waals surface area contributed by atoms with E-state index in [2.05, 4.69) is 5.32 Å². The summed E-state index contributed by atoms with van der Waals surface area (Å²) in [6.45, 7) is 1.52. The van der Waals surface area contributed by atoms with E-state index in [1.54, 1.807) is 0 Å². The highest BCUT2D eigenvalue weighted by Gasteiger charge is 2.09. The van der Waals surface area contributed by atoms with Crippen molar-refractivity contribution in [2.24, 2.45) is 5.73 Å². The van der Waals surface area contributed by atoms with Crippen molar-refractivity contribution in [3.63, 3.8) is 0 Å². The van der Waals surface area contributed by atoms with E-state index in [9.17, 15) is 4.79 Å². The highest BCUT2D eigenvalue weighted by molar-refractivity contribution is 5.72. The minimum Gasteiger partial charge on any atom is -0.480 e. The number of unbranched alkanes of at least 4 members (excludes halogenated alkanes) is 1. The quantitative estimate of drug-likeness (QED) is 0.374. The van der Waals surface area contributed by atoms with Gasteiger partial charge in [0.25, 0.3) is 0 Å². The Morgan fingerprint density at radius 1 is 1.38 bits per heavy atom. The molecule has 5 heteroatoms. The number of carbonyl (C=O) groups is 1. The molecule has 0 saturated heterocycles. The van der Waals surface area contributed by atoms with Crippen LogP contribution in [0.3, 0.4) is 0 Å². The maximum atomic E-state index is 10.3. The lowest BCUT2D eigenvalue weighted by molar-refractivity contribution is -0.138. The van der Waals surface area contributed by atoms with Gasteiger partial charge < -0.3 is 21.3 Å². The molecule has 0 aromatic heterocycles. The minimum absolute atomic E-state index is 0.134. The molecule has 0 spiro atoms. The third kappa shape index (κ3) is 7.70. The molecule has 78 valence electrons. The van der Waals surface area contributed by atoms with Gasteiger partial charge >= 0.3 is 5.97 Å². The summed E-state index contributed by atoms with van der Waals surface area (Å²) in [4.78, 5) is 10.3. The lowest BCUT2D eigenvalue weighted by atomic mass is 10.1. The first-order valence-corrected chi connectivity index (χ1v) is 4.48. The van der Waals surface area contributed by atoms with Gasteiger partial charge in [0, 0.05) is 6.54 Å². The molecule has 0 aromatic rings. The predicted octanol–water partition coefficient (Wildman–Crippen LogP) is -0.849. The average molecular weight is 190 g/mol. The molecule has 0 aliphatic rings. The summed E-state index contributed by atoms with van der Waals surface area (Å²) in [5.41, 5.74) is 5.30. The van der Waals surface area contributed by atoms with Crippen molar-refractivity contribution < 1.29 is 15.0 Å². The van der Waals surface area contributed by atoms with Crippen LogP contribution in [0.4, 0.5) is 0 Å². The van der Waals surface area contributed by atoms with E-state index in [0.29, 0.717) is 13.0 Å². The van der Waals surface area contributed by atoms with E-state index in [1.807, 2.05) is 0 Å². The second-order valence-corrected chi connectivity index (χ2v) is 2.91. The molecule has 0 radical (unpaired) electrons. The van der Waals surface area contributed by atoms with Gasteiger partial charge in [-0.05, 0) is 19.4 Å². The van der Waals surface area contributed by atoms with Crippen LogP contribution < -0.4 is 11.1 Å². The van der Waals surface area contributed by atoms with Gasteiger partial charge in [-0.2, -0.15) is 0 Å². The normalized spacial score (nSPS) is 12.8. The molecule has 0 unspecified atom stereocenters. The first kappa shape index (κ1) is 12.3. The van der Waals surface area contributed by atoms with Crippen molar-refractivity contribution in [1.29, 1.82) is 0 Å². The zero-order valence-corrected chi connectivity index (χ0v) is 7.70. The first-order chi connectivity index (χ1) is 6.18. The summed E-state index contributed by atoms with van der Waals surface area (Å²) in [6.07, 6.45) is 2.20. The van der Waals surface area contributed by atoms with Crippen LogP contribution in [0.2, 0.25) is 0 Å². The summed E-state index contributed by atoms with van der Waals surface area (Å²) < 4.78 is 0. The van der Waals surface area contributed by atoms with Crippen molar-refractivity contribution in [2.75, 3.05) is 19.7 Å². The highest BCUT2D eigenvalue weighted by Crippen LogP contribution is 1.97. The molecule has 0 heterocycles. The van der Waals surface area contributed by atoms with Gasteiger partial charge in [0.2, 0.25) is 0 Å². The Morgan fingerprint density at radius 3 is 2.62 bits per heavy atom. The van der Waals surface area contributed by atoms with Crippen LogP contribution in [0.5, 0.6) is 0 Å². The van der Waals surface area contributed by atoms with E-state index in [1.165, 1.54) is 0 Å². The molecule has 0 saturated carbocycles. The van der Waals surface area contributed by atoms with Gasteiger partial charge in [-0.3, -0.25) is 4.79 Å². The maximum absolute atomic E-state index is 10.3. The van der Waals surface area contributed by atoms with Crippen LogP contribution >= 0.6 is 0 Å². The molecular formula is C8H18N2O3. The van der Waals surface area contributed by atoms with Crippen LogP contribution in [0.15, 0.2) is 0 Å². The minimum atomic E-state index is -0.941. The predicted molar refractivity (Wildman–Crippen MR) is 49.4 cm³/mol. The van der Waals surface area contributed by atoms with Crippen molar-refractivity contribution in [2.45, 2.75) is 25.3 Å². The summed E-state index contributed by atoms with van der Waals surface area (Å²) in [6, 6.07) is -0.738. The van der Waals surface area contributed by atoms with E-state index in [0.717, 1.165) is 19.4 Å². The fraction of sp³-hybridized carbons (Fsp3) is 0.875. The summed E-state index contributed by atoms with van der Waals surface area (Å²) in [5.74, 6) is -0.941. The lowest BCUT2D eigenvalue weighted by Gasteiger charge is -2.05. The zero-order chi connectivity index (χ0) is 10.1. The van der Waals surface area contributed by atoms with Gasteiger partial charge in [0.1, 0.15) is 6.04 Å². The Morgan fingerprint density at radius 2 is 2.08 bits per heavy atom. The monoisotopic (exact) mass is 190 g/mol. The number of aliphatic hydroxyl groups excluding tert-OH is 1. The second kappa shape index (κ2) is 7.97. The number of aliphatic hydroxyl groups is 1. The molecule has 0 aromatic carbocycles. The van der Waals surface area contributed by atoms with E-state index >= 15 is 0 Å². The molecule has 0 amide bonds. The molecule has 0 aliphatic heterocycles. The SMILES string of the molecule is N[C@@H](CCCCNCCO)C(=O)O. The number of nitrogens with two attached hydrogens (primary N) is 1. The number of aliphatic carboxylic acids is 1. The molecule has 0 bridgehead atoms. The molecular weight excluding hydrogens is 172 g/mol. The molecule has 0 aliphatic carbocycles. The van der Waals surface area contributed by atoms with Crippen LogP contribution in [0.25, 0.3) is 0 Å². The fourth-order valence-corrected chi connectivity index (χ4v) is 0.942. The number of hydrogen-bond acceptors (Lipinski definition) is 4. The smallest absolute Gasteiger partial charge is 0.320 e. The number of carboxylic acids is 1. The second-order valence-electron chi connectivity index (χ2n) is 2.91.